The van der Waals surface area contributed by atoms with Crippen molar-refractivity contribution in [2.24, 2.45) is 0 Å². The Bertz CT molecular complexity index is 566. The maximum atomic E-state index is 5.61. The Morgan fingerprint density at radius 3 is 2.52 bits per heavy atom. The molecule has 0 radical (unpaired) electrons. The van der Waals surface area contributed by atoms with E-state index in [1.54, 1.807) is 6.20 Å². The molecule has 1 N–H and O–H groups in total. The van der Waals surface area contributed by atoms with Gasteiger partial charge in [-0.25, -0.2) is 0 Å². The van der Waals surface area contributed by atoms with Crippen LogP contribution in [-0.4, -0.2) is 33.0 Å². The molecule has 3 heterocycles. The summed E-state index contributed by atoms with van der Waals surface area (Å²) in [6, 6.07) is 1.94. The minimum absolute atomic E-state index is 0. The van der Waals surface area contributed by atoms with Crippen LogP contribution in [0.25, 0.3) is 0 Å². The first-order valence-corrected chi connectivity index (χ1v) is 7.08. The maximum absolute atomic E-state index is 5.61. The molecule has 0 saturated carbocycles. The van der Waals surface area contributed by atoms with E-state index < -0.39 is 0 Å². The first kappa shape index (κ1) is 16.0. The zero-order chi connectivity index (χ0) is 14.2. The van der Waals surface area contributed by atoms with E-state index in [0.29, 0.717) is 5.89 Å². The van der Waals surface area contributed by atoms with Gasteiger partial charge in [-0.15, -0.1) is 12.4 Å². The number of nitrogens with one attached hydrogen (secondary N) is 1. The molecule has 2 aromatic rings. The van der Waals surface area contributed by atoms with Crippen LogP contribution in [0.2, 0.25) is 0 Å². The van der Waals surface area contributed by atoms with Gasteiger partial charge >= 0.3 is 0 Å². The highest BCUT2D eigenvalue weighted by Gasteiger charge is 2.42. The molecular weight excluding hydrogens is 290 g/mol. The summed E-state index contributed by atoms with van der Waals surface area (Å²) in [6.07, 6.45) is 5.58. The van der Waals surface area contributed by atoms with E-state index in [0.717, 1.165) is 31.8 Å². The molecule has 0 spiro atoms. The van der Waals surface area contributed by atoms with E-state index in [1.807, 2.05) is 16.9 Å². The summed E-state index contributed by atoms with van der Waals surface area (Å²) in [5.74, 6) is 1.42. The van der Waals surface area contributed by atoms with Crippen molar-refractivity contribution in [2.75, 3.05) is 13.1 Å². The van der Waals surface area contributed by atoms with Crippen molar-refractivity contribution in [1.29, 1.82) is 0 Å². The van der Waals surface area contributed by atoms with Gasteiger partial charge < -0.3 is 9.84 Å². The molecule has 0 aliphatic carbocycles. The minimum Gasteiger partial charge on any atom is -0.337 e. The normalized spacial score (nSPS) is 18.2. The average molecular weight is 312 g/mol. The van der Waals surface area contributed by atoms with Crippen LogP contribution in [0.3, 0.4) is 0 Å². The van der Waals surface area contributed by atoms with Crippen molar-refractivity contribution < 1.29 is 4.52 Å². The van der Waals surface area contributed by atoms with E-state index in [-0.39, 0.29) is 23.4 Å². The summed E-state index contributed by atoms with van der Waals surface area (Å²) >= 11 is 0. The van der Waals surface area contributed by atoms with Crippen LogP contribution < -0.4 is 5.32 Å². The third-order valence-corrected chi connectivity index (χ3v) is 3.87. The highest BCUT2D eigenvalue weighted by atomic mass is 35.5. The van der Waals surface area contributed by atoms with Gasteiger partial charge in [0.25, 0.3) is 5.89 Å². The molecule has 1 saturated heterocycles. The smallest absolute Gasteiger partial charge is 0.254 e. The second kappa shape index (κ2) is 5.77. The minimum atomic E-state index is -0.314. The van der Waals surface area contributed by atoms with Crippen LogP contribution in [0.4, 0.5) is 0 Å². The highest BCUT2D eigenvalue weighted by molar-refractivity contribution is 5.85. The predicted molar refractivity (Wildman–Crippen MR) is 81.7 cm³/mol. The van der Waals surface area contributed by atoms with Gasteiger partial charge in [0.05, 0.1) is 0 Å². The van der Waals surface area contributed by atoms with Crippen molar-refractivity contribution in [3.05, 3.63) is 30.2 Å². The third-order valence-electron chi connectivity index (χ3n) is 3.87. The molecule has 2 aromatic heterocycles. The molecule has 7 heteroatoms. The first-order chi connectivity index (χ1) is 9.52. The standard InChI is InChI=1S/C14H21N5O.ClH/c1-13(2,3)11-17-12(20-18-11)14(5-8-15-9-6-14)19-10-4-7-16-19;/h4,7,10,15H,5-6,8-9H2,1-3H3;1H. The summed E-state index contributed by atoms with van der Waals surface area (Å²) in [6.45, 7) is 8.11. The largest absolute Gasteiger partial charge is 0.337 e. The zero-order valence-corrected chi connectivity index (χ0v) is 13.5. The van der Waals surface area contributed by atoms with Gasteiger partial charge in [-0.2, -0.15) is 10.1 Å². The van der Waals surface area contributed by atoms with Gasteiger partial charge in [0, 0.05) is 17.8 Å². The first-order valence-electron chi connectivity index (χ1n) is 7.08. The molecule has 0 bridgehead atoms. The SMILES string of the molecule is CC(C)(C)c1noc(C2(n3cccn3)CCNCC2)n1.Cl. The van der Waals surface area contributed by atoms with Crippen molar-refractivity contribution >= 4 is 12.4 Å². The van der Waals surface area contributed by atoms with E-state index in [1.165, 1.54) is 0 Å². The molecule has 1 aliphatic heterocycles. The Balaban J connectivity index is 0.00000161. The van der Waals surface area contributed by atoms with Crippen LogP contribution in [0.5, 0.6) is 0 Å². The van der Waals surface area contributed by atoms with Crippen molar-refractivity contribution in [1.82, 2.24) is 25.2 Å². The maximum Gasteiger partial charge on any atom is 0.254 e. The lowest BCUT2D eigenvalue weighted by Crippen LogP contribution is -2.45. The fraction of sp³-hybridized carbons (Fsp3) is 0.643. The Kier molecular flexibility index (Phi) is 4.39. The third kappa shape index (κ3) is 2.82. The van der Waals surface area contributed by atoms with Crippen LogP contribution in [0, 0.1) is 0 Å². The van der Waals surface area contributed by atoms with E-state index in [9.17, 15) is 0 Å². The lowest BCUT2D eigenvalue weighted by molar-refractivity contribution is 0.172. The predicted octanol–water partition coefficient (Wildman–Crippen LogP) is 2.11. The molecule has 3 rings (SSSR count). The molecule has 0 amide bonds. The van der Waals surface area contributed by atoms with Gasteiger partial charge in [-0.1, -0.05) is 25.9 Å². The van der Waals surface area contributed by atoms with Crippen LogP contribution in [0.15, 0.2) is 23.0 Å². The number of nitrogens with zero attached hydrogens (tertiary/aromatic N) is 4. The van der Waals surface area contributed by atoms with E-state index in [4.69, 9.17) is 4.52 Å². The van der Waals surface area contributed by atoms with Crippen molar-refractivity contribution in [3.63, 3.8) is 0 Å². The molecule has 0 atom stereocenters. The summed E-state index contributed by atoms with van der Waals surface area (Å²) < 4.78 is 7.57. The molecule has 1 aliphatic rings. The van der Waals surface area contributed by atoms with Crippen LogP contribution >= 0.6 is 12.4 Å². The summed E-state index contributed by atoms with van der Waals surface area (Å²) in [7, 11) is 0. The van der Waals surface area contributed by atoms with Crippen molar-refractivity contribution in [2.45, 2.75) is 44.6 Å². The van der Waals surface area contributed by atoms with Gasteiger partial charge in [-0.3, -0.25) is 4.68 Å². The van der Waals surface area contributed by atoms with Crippen LogP contribution in [0.1, 0.15) is 45.3 Å². The van der Waals surface area contributed by atoms with Crippen molar-refractivity contribution in [3.8, 4) is 0 Å². The highest BCUT2D eigenvalue weighted by Crippen LogP contribution is 2.34. The van der Waals surface area contributed by atoms with Crippen LogP contribution in [-0.2, 0) is 11.0 Å². The topological polar surface area (TPSA) is 68.8 Å². The summed E-state index contributed by atoms with van der Waals surface area (Å²) in [4.78, 5) is 4.67. The molecule has 0 unspecified atom stereocenters. The van der Waals surface area contributed by atoms with Gasteiger partial charge in [0.2, 0.25) is 0 Å². The van der Waals surface area contributed by atoms with Gasteiger partial charge in [0.15, 0.2) is 5.82 Å². The lowest BCUT2D eigenvalue weighted by Gasteiger charge is -2.34. The Morgan fingerprint density at radius 2 is 2.00 bits per heavy atom. The Hall–Kier alpha value is -1.40. The molecule has 21 heavy (non-hydrogen) atoms. The zero-order valence-electron chi connectivity index (χ0n) is 12.7. The van der Waals surface area contributed by atoms with E-state index in [2.05, 4.69) is 41.3 Å². The molecular formula is C14H22ClN5O. The summed E-state index contributed by atoms with van der Waals surface area (Å²) in [5, 5.41) is 12.0. The second-order valence-corrected chi connectivity index (χ2v) is 6.41. The fourth-order valence-corrected chi connectivity index (χ4v) is 2.62. The molecule has 116 valence electrons. The average Bonchev–Trinajstić information content (AvgIpc) is 3.11. The second-order valence-electron chi connectivity index (χ2n) is 6.41. The Labute approximate surface area is 130 Å². The van der Waals surface area contributed by atoms with E-state index >= 15 is 0 Å². The Morgan fingerprint density at radius 1 is 1.29 bits per heavy atom. The summed E-state index contributed by atoms with van der Waals surface area (Å²) in [5.41, 5.74) is -0.425. The number of halogens is 1. The monoisotopic (exact) mass is 311 g/mol. The quantitative estimate of drug-likeness (QED) is 0.920. The number of aromatic nitrogens is 4. The number of hydrogen-bond acceptors (Lipinski definition) is 5. The van der Waals surface area contributed by atoms with Gasteiger partial charge in [0.1, 0.15) is 5.54 Å². The molecule has 6 nitrogen and oxygen atoms in total. The van der Waals surface area contributed by atoms with Gasteiger partial charge in [-0.05, 0) is 32.0 Å². The number of hydrogen-bond donors (Lipinski definition) is 1. The molecule has 1 fully saturated rings. The number of piperidine rings is 1. The lowest BCUT2D eigenvalue weighted by atomic mass is 9.88. The molecule has 0 aromatic carbocycles. The fourth-order valence-electron chi connectivity index (χ4n) is 2.62. The number of rotatable bonds is 2.